The Kier molecular flexibility index (Phi) is 5.42. The van der Waals surface area contributed by atoms with E-state index >= 15 is 0 Å². The minimum absolute atomic E-state index is 0.182. The van der Waals surface area contributed by atoms with Crippen molar-refractivity contribution in [3.8, 4) is 0 Å². The number of likely N-dealkylation sites (tertiary alicyclic amines) is 1. The summed E-state index contributed by atoms with van der Waals surface area (Å²) in [4.78, 5) is 26.1. The molecule has 2 saturated heterocycles. The van der Waals surface area contributed by atoms with Crippen LogP contribution in [0.4, 0.5) is 5.82 Å². The SMILES string of the molecule is O=C(CN1CCC(n2ncc3c(N4CCOCC4)ncnc32)CC1)c1ccccc1. The number of ether oxygens (including phenoxy) is 1. The van der Waals surface area contributed by atoms with Crippen molar-refractivity contribution in [2.75, 3.05) is 50.8 Å². The molecule has 2 aromatic heterocycles. The third-order valence-corrected chi connectivity index (χ3v) is 6.05. The van der Waals surface area contributed by atoms with Crippen LogP contribution in [-0.2, 0) is 4.74 Å². The van der Waals surface area contributed by atoms with Gasteiger partial charge in [0.05, 0.1) is 37.4 Å². The topological polar surface area (TPSA) is 76.4 Å². The maximum atomic E-state index is 12.5. The average molecular weight is 406 g/mol. The number of aromatic nitrogens is 4. The Morgan fingerprint density at radius 3 is 2.57 bits per heavy atom. The van der Waals surface area contributed by atoms with E-state index in [0.717, 1.165) is 74.6 Å². The lowest BCUT2D eigenvalue weighted by Gasteiger charge is -2.31. The first kappa shape index (κ1) is 19.1. The summed E-state index contributed by atoms with van der Waals surface area (Å²) in [6.07, 6.45) is 5.44. The summed E-state index contributed by atoms with van der Waals surface area (Å²) in [6, 6.07) is 9.82. The van der Waals surface area contributed by atoms with E-state index in [4.69, 9.17) is 4.74 Å². The number of anilines is 1. The molecule has 0 saturated carbocycles. The summed E-state index contributed by atoms with van der Waals surface area (Å²) < 4.78 is 7.52. The van der Waals surface area contributed by atoms with Gasteiger partial charge in [-0.25, -0.2) is 14.6 Å². The highest BCUT2D eigenvalue weighted by Gasteiger charge is 2.26. The van der Waals surface area contributed by atoms with Gasteiger partial charge in [-0.3, -0.25) is 9.69 Å². The quantitative estimate of drug-likeness (QED) is 0.601. The second-order valence-electron chi connectivity index (χ2n) is 7.92. The normalized spacial score (nSPS) is 18.7. The van der Waals surface area contributed by atoms with E-state index < -0.39 is 0 Å². The summed E-state index contributed by atoms with van der Waals surface area (Å²) in [7, 11) is 0. The zero-order valence-electron chi connectivity index (χ0n) is 17.0. The minimum Gasteiger partial charge on any atom is -0.378 e. The molecule has 0 bridgehead atoms. The Morgan fingerprint density at radius 1 is 1.03 bits per heavy atom. The molecule has 8 nitrogen and oxygen atoms in total. The summed E-state index contributed by atoms with van der Waals surface area (Å²) in [5, 5.41) is 5.68. The van der Waals surface area contributed by atoms with Crippen LogP contribution in [0.3, 0.4) is 0 Å². The third kappa shape index (κ3) is 3.80. The van der Waals surface area contributed by atoms with Crippen LogP contribution in [0.15, 0.2) is 42.9 Å². The van der Waals surface area contributed by atoms with Crippen molar-refractivity contribution >= 4 is 22.6 Å². The van der Waals surface area contributed by atoms with Gasteiger partial charge in [-0.05, 0) is 12.8 Å². The maximum Gasteiger partial charge on any atom is 0.176 e. The third-order valence-electron chi connectivity index (χ3n) is 6.05. The fourth-order valence-corrected chi connectivity index (χ4v) is 4.38. The first-order valence-corrected chi connectivity index (χ1v) is 10.6. The highest BCUT2D eigenvalue weighted by molar-refractivity contribution is 5.97. The minimum atomic E-state index is 0.182. The Balaban J connectivity index is 1.27. The Labute approximate surface area is 175 Å². The fourth-order valence-electron chi connectivity index (χ4n) is 4.38. The molecule has 2 aliphatic rings. The van der Waals surface area contributed by atoms with Crippen LogP contribution in [0.1, 0.15) is 29.2 Å². The van der Waals surface area contributed by atoms with Gasteiger partial charge in [-0.15, -0.1) is 0 Å². The van der Waals surface area contributed by atoms with Crippen molar-refractivity contribution in [1.29, 1.82) is 0 Å². The Morgan fingerprint density at radius 2 is 1.80 bits per heavy atom. The molecule has 0 unspecified atom stereocenters. The van der Waals surface area contributed by atoms with Crippen LogP contribution in [0, 0.1) is 0 Å². The predicted octanol–water partition coefficient (Wildman–Crippen LogP) is 2.18. The number of nitrogens with zero attached hydrogens (tertiary/aromatic N) is 6. The number of rotatable bonds is 5. The molecule has 0 aliphatic carbocycles. The van der Waals surface area contributed by atoms with Gasteiger partial charge in [0.1, 0.15) is 12.1 Å². The smallest absolute Gasteiger partial charge is 0.176 e. The highest BCUT2D eigenvalue weighted by Crippen LogP contribution is 2.29. The molecule has 2 aliphatic heterocycles. The van der Waals surface area contributed by atoms with E-state index in [9.17, 15) is 4.79 Å². The zero-order valence-corrected chi connectivity index (χ0v) is 17.0. The van der Waals surface area contributed by atoms with Gasteiger partial charge in [-0.2, -0.15) is 5.10 Å². The number of morpholine rings is 1. The lowest BCUT2D eigenvalue weighted by molar-refractivity contribution is 0.0896. The average Bonchev–Trinajstić information content (AvgIpc) is 3.25. The van der Waals surface area contributed by atoms with Crippen molar-refractivity contribution < 1.29 is 9.53 Å². The lowest BCUT2D eigenvalue weighted by Crippen LogP contribution is -2.38. The molecule has 0 N–H and O–H groups in total. The molecule has 5 rings (SSSR count). The van der Waals surface area contributed by atoms with Gasteiger partial charge in [0, 0.05) is 31.7 Å². The lowest BCUT2D eigenvalue weighted by atomic mass is 10.0. The van der Waals surface area contributed by atoms with Gasteiger partial charge < -0.3 is 9.64 Å². The standard InChI is InChI=1S/C22H26N6O2/c29-20(17-4-2-1-3-5-17)15-26-8-6-18(7-9-26)28-22-19(14-25-28)21(23-16-24-22)27-10-12-30-13-11-27/h1-5,14,16,18H,6-13,15H2. The molecular weight excluding hydrogens is 380 g/mol. The summed E-state index contributed by atoms with van der Waals surface area (Å²) in [6.45, 7) is 5.35. The van der Waals surface area contributed by atoms with Crippen LogP contribution in [0.25, 0.3) is 11.0 Å². The van der Waals surface area contributed by atoms with E-state index in [0.29, 0.717) is 6.54 Å². The number of hydrogen-bond donors (Lipinski definition) is 0. The van der Waals surface area contributed by atoms with Gasteiger partial charge in [0.25, 0.3) is 0 Å². The monoisotopic (exact) mass is 406 g/mol. The van der Waals surface area contributed by atoms with E-state index in [1.165, 1.54) is 0 Å². The van der Waals surface area contributed by atoms with Crippen LogP contribution < -0.4 is 4.90 Å². The Bertz CT molecular complexity index is 1010. The zero-order chi connectivity index (χ0) is 20.3. The summed E-state index contributed by atoms with van der Waals surface area (Å²) in [5.74, 6) is 1.13. The Hall–Kier alpha value is -2.84. The van der Waals surface area contributed by atoms with Gasteiger partial charge in [-0.1, -0.05) is 30.3 Å². The van der Waals surface area contributed by atoms with Crippen molar-refractivity contribution in [1.82, 2.24) is 24.6 Å². The number of carbonyl (C=O) groups excluding carboxylic acids is 1. The molecule has 1 aromatic carbocycles. The molecule has 156 valence electrons. The highest BCUT2D eigenvalue weighted by atomic mass is 16.5. The van der Waals surface area contributed by atoms with Crippen LogP contribution in [0.2, 0.25) is 0 Å². The van der Waals surface area contributed by atoms with Crippen LogP contribution >= 0.6 is 0 Å². The first-order valence-electron chi connectivity index (χ1n) is 10.6. The maximum absolute atomic E-state index is 12.5. The van der Waals surface area contributed by atoms with Gasteiger partial charge in [0.15, 0.2) is 11.4 Å². The molecule has 8 heteroatoms. The molecule has 30 heavy (non-hydrogen) atoms. The van der Waals surface area contributed by atoms with Crippen LogP contribution in [0.5, 0.6) is 0 Å². The van der Waals surface area contributed by atoms with E-state index in [-0.39, 0.29) is 11.8 Å². The number of benzene rings is 1. The van der Waals surface area contributed by atoms with Crippen LogP contribution in [-0.4, -0.2) is 76.4 Å². The molecule has 0 atom stereocenters. The van der Waals surface area contributed by atoms with Crippen molar-refractivity contribution in [3.05, 3.63) is 48.4 Å². The molecule has 0 radical (unpaired) electrons. The molecule has 0 amide bonds. The number of hydrogen-bond acceptors (Lipinski definition) is 7. The van der Waals surface area contributed by atoms with E-state index in [1.54, 1.807) is 6.33 Å². The van der Waals surface area contributed by atoms with E-state index in [2.05, 4.69) is 29.5 Å². The molecule has 4 heterocycles. The number of Topliss-reactive ketones (excluding diaryl/α,β-unsaturated/α-hetero) is 1. The van der Waals surface area contributed by atoms with E-state index in [1.807, 2.05) is 36.5 Å². The van der Waals surface area contributed by atoms with Crippen molar-refractivity contribution in [2.24, 2.45) is 0 Å². The number of carbonyl (C=O) groups is 1. The number of fused-ring (bicyclic) bond motifs is 1. The van der Waals surface area contributed by atoms with Gasteiger partial charge >= 0.3 is 0 Å². The summed E-state index contributed by atoms with van der Waals surface area (Å²) >= 11 is 0. The van der Waals surface area contributed by atoms with Gasteiger partial charge in [0.2, 0.25) is 0 Å². The second kappa shape index (κ2) is 8.49. The summed E-state index contributed by atoms with van der Waals surface area (Å²) in [5.41, 5.74) is 1.68. The fraction of sp³-hybridized carbons (Fsp3) is 0.455. The molecule has 3 aromatic rings. The largest absolute Gasteiger partial charge is 0.378 e. The first-order chi connectivity index (χ1) is 14.8. The molecule has 2 fully saturated rings. The molecule has 0 spiro atoms. The predicted molar refractivity (Wildman–Crippen MR) is 114 cm³/mol. The molecular formula is C22H26N6O2. The second-order valence-corrected chi connectivity index (χ2v) is 7.92. The number of piperidine rings is 1. The number of ketones is 1. The van der Waals surface area contributed by atoms with Crippen molar-refractivity contribution in [3.63, 3.8) is 0 Å². The van der Waals surface area contributed by atoms with Crippen molar-refractivity contribution in [2.45, 2.75) is 18.9 Å².